The fraction of sp³-hybridized carbons (Fsp3) is 0.381. The molecule has 1 heterocycles. The number of aliphatic hydroxyl groups is 1. The van der Waals surface area contributed by atoms with Gasteiger partial charge in [0, 0.05) is 32.3 Å². The minimum Gasteiger partial charge on any atom is -0.506 e. The Balaban J connectivity index is 2.29. The van der Waals surface area contributed by atoms with Gasteiger partial charge >= 0.3 is 5.69 Å². The quantitative estimate of drug-likeness (QED) is 0.173. The lowest BCUT2D eigenvalue weighted by Gasteiger charge is -2.26. The summed E-state index contributed by atoms with van der Waals surface area (Å²) in [6, 6.07) is 3.48. The largest absolute Gasteiger partial charge is 0.506 e. The number of amides is 2. The lowest BCUT2D eigenvalue weighted by atomic mass is 9.98. The van der Waals surface area contributed by atoms with Crippen molar-refractivity contribution in [1.82, 2.24) is 9.80 Å². The Hall–Kier alpha value is -4.25. The van der Waals surface area contributed by atoms with Gasteiger partial charge in [-0.3, -0.25) is 19.7 Å². The molecule has 0 saturated carbocycles. The van der Waals surface area contributed by atoms with Gasteiger partial charge in [-0.15, -0.1) is 0 Å². The number of aliphatic hydroxyl groups excluding tert-OH is 1. The second-order valence-corrected chi connectivity index (χ2v) is 7.08. The number of hydrogen-bond acceptors (Lipinski definition) is 8. The van der Waals surface area contributed by atoms with Crippen LogP contribution in [0.4, 0.5) is 5.69 Å². The minimum atomic E-state index is -0.895. The van der Waals surface area contributed by atoms with E-state index in [9.17, 15) is 35.2 Å². The molecule has 1 aliphatic rings. The van der Waals surface area contributed by atoms with E-state index in [1.54, 1.807) is 18.0 Å². The van der Waals surface area contributed by atoms with Crippen LogP contribution in [0.5, 0.6) is 11.5 Å². The fourth-order valence-corrected chi connectivity index (χ4v) is 3.09. The van der Waals surface area contributed by atoms with Crippen molar-refractivity contribution in [3.8, 4) is 29.4 Å². The van der Waals surface area contributed by atoms with E-state index < -0.39 is 39.5 Å². The molecule has 0 bridgehead atoms. The second kappa shape index (κ2) is 10.2. The number of piperidine rings is 1. The third kappa shape index (κ3) is 5.08. The van der Waals surface area contributed by atoms with Crippen molar-refractivity contribution in [3.63, 3.8) is 0 Å². The van der Waals surface area contributed by atoms with Gasteiger partial charge in [0.15, 0.2) is 11.3 Å². The number of rotatable bonds is 5. The average Bonchev–Trinajstić information content (AvgIpc) is 2.76. The molecule has 1 aliphatic heterocycles. The number of aromatic hydroxyl groups is 1. The third-order valence-electron chi connectivity index (χ3n) is 4.91. The van der Waals surface area contributed by atoms with Crippen LogP contribution in [0.1, 0.15) is 18.4 Å². The molecule has 11 heteroatoms. The molecule has 2 rings (SSSR count). The van der Waals surface area contributed by atoms with Crippen LogP contribution >= 0.6 is 0 Å². The van der Waals surface area contributed by atoms with Gasteiger partial charge in [-0.05, 0) is 18.9 Å². The summed E-state index contributed by atoms with van der Waals surface area (Å²) in [6.45, 7) is 0.565. The number of phenols is 1. The van der Waals surface area contributed by atoms with Crippen LogP contribution in [0, 0.1) is 39.2 Å². The molecule has 1 fully saturated rings. The third-order valence-corrected chi connectivity index (χ3v) is 4.91. The number of hydrogen-bond donors (Lipinski definition) is 2. The summed E-state index contributed by atoms with van der Waals surface area (Å²) in [5, 5.41) is 40.9. The molecule has 1 aromatic rings. The van der Waals surface area contributed by atoms with Gasteiger partial charge in [-0.25, -0.2) is 0 Å². The Morgan fingerprint density at radius 2 is 2.16 bits per heavy atom. The van der Waals surface area contributed by atoms with E-state index >= 15 is 0 Å². The number of nitro groups is 1. The Morgan fingerprint density at radius 1 is 1.47 bits per heavy atom. The predicted molar refractivity (Wildman–Crippen MR) is 112 cm³/mol. The first kappa shape index (κ1) is 24.0. The van der Waals surface area contributed by atoms with E-state index in [0.717, 1.165) is 30.6 Å². The second-order valence-electron chi connectivity index (χ2n) is 7.08. The topological polar surface area (TPSA) is 157 Å². The summed E-state index contributed by atoms with van der Waals surface area (Å²) in [6.07, 6.45) is 1.45. The number of carbonyl (C=O) groups is 2. The monoisotopic (exact) mass is 442 g/mol. The molecule has 0 aliphatic carbocycles. The molecule has 32 heavy (non-hydrogen) atoms. The van der Waals surface area contributed by atoms with Gasteiger partial charge in [-0.1, -0.05) is 11.8 Å². The molecule has 168 valence electrons. The smallest absolute Gasteiger partial charge is 0.315 e. The van der Waals surface area contributed by atoms with E-state index in [-0.39, 0.29) is 23.8 Å². The maximum atomic E-state index is 12.7. The lowest BCUT2D eigenvalue weighted by molar-refractivity contribution is -0.386. The standard InChI is InChI=1S/C21H22N4O7/c1-23-8-4-6-13(20(23)28)7-5-9-24(2)21(29)15(12-22)18(26)14-10-16(25(30)31)19(27)17(11-14)32-3/h10-11,13,26-27H,4,6,8-9H2,1-3H3/b18-15-. The van der Waals surface area contributed by atoms with Crippen LogP contribution in [0.15, 0.2) is 17.7 Å². The zero-order valence-corrected chi connectivity index (χ0v) is 17.8. The minimum absolute atomic E-state index is 0.0872. The first-order chi connectivity index (χ1) is 15.1. The number of benzene rings is 1. The lowest BCUT2D eigenvalue weighted by Crippen LogP contribution is -2.37. The molecule has 1 saturated heterocycles. The van der Waals surface area contributed by atoms with E-state index in [1.165, 1.54) is 7.05 Å². The van der Waals surface area contributed by atoms with Gasteiger partial charge in [-0.2, -0.15) is 5.26 Å². The Kier molecular flexibility index (Phi) is 7.64. The van der Waals surface area contributed by atoms with Crippen LogP contribution < -0.4 is 4.74 Å². The average molecular weight is 442 g/mol. The zero-order valence-electron chi connectivity index (χ0n) is 17.8. The van der Waals surface area contributed by atoms with Crippen molar-refractivity contribution in [3.05, 3.63) is 33.4 Å². The van der Waals surface area contributed by atoms with Crippen LogP contribution in [0.2, 0.25) is 0 Å². The van der Waals surface area contributed by atoms with Gasteiger partial charge in [0.05, 0.1) is 24.5 Å². The molecule has 0 aromatic heterocycles. The predicted octanol–water partition coefficient (Wildman–Crippen LogP) is 1.43. The maximum Gasteiger partial charge on any atom is 0.315 e. The fourth-order valence-electron chi connectivity index (χ4n) is 3.09. The molecule has 0 spiro atoms. The first-order valence-electron chi connectivity index (χ1n) is 9.50. The Bertz CT molecular complexity index is 1080. The number of methoxy groups -OCH3 is 1. The summed E-state index contributed by atoms with van der Waals surface area (Å²) in [7, 11) is 4.21. The SMILES string of the molecule is COc1cc(/C(O)=C(\C#N)C(=O)N(C)CC#CC2CCCN(C)C2=O)cc([N+](=O)[O-])c1O. The van der Waals surface area contributed by atoms with Crippen LogP contribution in [0.25, 0.3) is 5.76 Å². The van der Waals surface area contributed by atoms with Crippen molar-refractivity contribution < 1.29 is 29.5 Å². The van der Waals surface area contributed by atoms with Crippen LogP contribution in [-0.4, -0.2) is 71.0 Å². The number of likely N-dealkylation sites (N-methyl/N-ethyl adjacent to an activating group) is 1. The zero-order chi connectivity index (χ0) is 24.0. The van der Waals surface area contributed by atoms with E-state index in [2.05, 4.69) is 11.8 Å². The summed E-state index contributed by atoms with van der Waals surface area (Å²) < 4.78 is 4.86. The molecule has 1 unspecified atom stereocenters. The molecule has 1 atom stereocenters. The van der Waals surface area contributed by atoms with Crippen LogP contribution in [0.3, 0.4) is 0 Å². The number of ether oxygens (including phenoxy) is 1. The van der Waals surface area contributed by atoms with Crippen molar-refractivity contribution >= 4 is 23.3 Å². The number of phenolic OH excluding ortho intramolecular Hbond substituents is 1. The summed E-state index contributed by atoms with van der Waals surface area (Å²) in [4.78, 5) is 37.6. The normalized spacial score (nSPS) is 16.2. The van der Waals surface area contributed by atoms with Gasteiger partial charge in [0.2, 0.25) is 11.7 Å². The highest BCUT2D eigenvalue weighted by Gasteiger charge is 2.26. The van der Waals surface area contributed by atoms with Crippen LogP contribution in [-0.2, 0) is 9.59 Å². The van der Waals surface area contributed by atoms with E-state index in [4.69, 9.17) is 4.74 Å². The molecule has 2 amide bonds. The molecule has 2 N–H and O–H groups in total. The number of nitrogens with zero attached hydrogens (tertiary/aromatic N) is 4. The number of nitriles is 1. The Morgan fingerprint density at radius 3 is 2.75 bits per heavy atom. The molecule has 11 nitrogen and oxygen atoms in total. The summed E-state index contributed by atoms with van der Waals surface area (Å²) in [5.74, 6) is 2.27. The van der Waals surface area contributed by atoms with Crippen molar-refractivity contribution in [2.45, 2.75) is 12.8 Å². The Labute approximate surface area is 184 Å². The highest BCUT2D eigenvalue weighted by molar-refractivity contribution is 6.03. The number of carbonyl (C=O) groups excluding carboxylic acids is 2. The summed E-state index contributed by atoms with van der Waals surface area (Å²) >= 11 is 0. The van der Waals surface area contributed by atoms with Crippen molar-refractivity contribution in [1.29, 1.82) is 5.26 Å². The molecular formula is C21H22N4O7. The highest BCUT2D eigenvalue weighted by atomic mass is 16.6. The molecule has 0 radical (unpaired) electrons. The first-order valence-corrected chi connectivity index (χ1v) is 9.50. The van der Waals surface area contributed by atoms with E-state index in [0.29, 0.717) is 13.0 Å². The van der Waals surface area contributed by atoms with Gasteiger partial charge in [0.25, 0.3) is 5.91 Å². The maximum absolute atomic E-state index is 12.7. The molecule has 1 aromatic carbocycles. The summed E-state index contributed by atoms with van der Waals surface area (Å²) in [5.41, 5.74) is -1.70. The van der Waals surface area contributed by atoms with Gasteiger partial charge < -0.3 is 24.7 Å². The number of nitro benzene ring substituents is 1. The number of likely N-dealkylation sites (tertiary alicyclic amines) is 1. The molecular weight excluding hydrogens is 420 g/mol. The van der Waals surface area contributed by atoms with Crippen molar-refractivity contribution in [2.75, 3.05) is 34.3 Å². The van der Waals surface area contributed by atoms with Gasteiger partial charge in [0.1, 0.15) is 11.8 Å². The highest BCUT2D eigenvalue weighted by Crippen LogP contribution is 2.38. The van der Waals surface area contributed by atoms with Crippen molar-refractivity contribution in [2.24, 2.45) is 5.92 Å². The van der Waals surface area contributed by atoms with E-state index in [1.807, 2.05) is 0 Å².